The molecule has 0 aliphatic carbocycles. The van der Waals surface area contributed by atoms with E-state index in [1.54, 1.807) is 19.1 Å². The standard InChI is InChI=1S/C17H24O2/c1-12(2)6-5-7-13(3)8-9-15-11-16(18)10-14(4)17(15)19/h6,8,10-11,18-19H,5,7,9H2,1-4H3. The average molecular weight is 260 g/mol. The summed E-state index contributed by atoms with van der Waals surface area (Å²) in [5.74, 6) is 0.493. The lowest BCUT2D eigenvalue weighted by Crippen LogP contribution is -1.88. The molecule has 19 heavy (non-hydrogen) atoms. The highest BCUT2D eigenvalue weighted by molar-refractivity contribution is 5.46. The lowest BCUT2D eigenvalue weighted by molar-refractivity contribution is 0.451. The Morgan fingerprint density at radius 1 is 1.11 bits per heavy atom. The number of rotatable bonds is 5. The summed E-state index contributed by atoms with van der Waals surface area (Å²) in [6, 6.07) is 3.20. The number of aryl methyl sites for hydroxylation is 1. The van der Waals surface area contributed by atoms with Crippen molar-refractivity contribution in [3.05, 3.63) is 46.6 Å². The number of allylic oxidation sites excluding steroid dienone is 4. The minimum Gasteiger partial charge on any atom is -0.508 e. The SMILES string of the molecule is CC(C)=CCCC(C)=CCc1cc(O)cc(C)c1O. The Kier molecular flexibility index (Phi) is 5.68. The van der Waals surface area contributed by atoms with Crippen molar-refractivity contribution in [1.82, 2.24) is 0 Å². The zero-order valence-electron chi connectivity index (χ0n) is 12.3. The Hall–Kier alpha value is -1.70. The molecule has 0 aliphatic rings. The van der Waals surface area contributed by atoms with E-state index < -0.39 is 0 Å². The molecule has 1 aromatic carbocycles. The Balaban J connectivity index is 2.67. The van der Waals surface area contributed by atoms with E-state index in [1.807, 2.05) is 0 Å². The zero-order chi connectivity index (χ0) is 14.4. The molecule has 0 bridgehead atoms. The third-order valence-electron chi connectivity index (χ3n) is 3.13. The van der Waals surface area contributed by atoms with Crippen LogP contribution < -0.4 is 0 Å². The fourth-order valence-corrected chi connectivity index (χ4v) is 1.96. The zero-order valence-corrected chi connectivity index (χ0v) is 12.3. The number of benzene rings is 1. The van der Waals surface area contributed by atoms with E-state index in [1.165, 1.54) is 11.1 Å². The van der Waals surface area contributed by atoms with Crippen LogP contribution in [0.2, 0.25) is 0 Å². The van der Waals surface area contributed by atoms with Gasteiger partial charge in [0.05, 0.1) is 0 Å². The van der Waals surface area contributed by atoms with Gasteiger partial charge in [0.1, 0.15) is 11.5 Å². The quantitative estimate of drug-likeness (QED) is 0.598. The van der Waals surface area contributed by atoms with Crippen LogP contribution in [0.3, 0.4) is 0 Å². The van der Waals surface area contributed by atoms with E-state index in [2.05, 4.69) is 32.9 Å². The van der Waals surface area contributed by atoms with Gasteiger partial charge in [-0.05, 0) is 64.7 Å². The molecule has 0 fully saturated rings. The highest BCUT2D eigenvalue weighted by atomic mass is 16.3. The van der Waals surface area contributed by atoms with E-state index in [0.29, 0.717) is 12.0 Å². The van der Waals surface area contributed by atoms with Crippen molar-refractivity contribution in [2.45, 2.75) is 47.0 Å². The molecule has 0 heterocycles. The summed E-state index contributed by atoms with van der Waals surface area (Å²) in [5.41, 5.74) is 4.14. The molecule has 0 saturated carbocycles. The summed E-state index contributed by atoms with van der Waals surface area (Å²) in [6.07, 6.45) is 7.08. The van der Waals surface area contributed by atoms with E-state index in [9.17, 15) is 10.2 Å². The average Bonchev–Trinajstić information content (AvgIpc) is 2.31. The van der Waals surface area contributed by atoms with Gasteiger partial charge < -0.3 is 10.2 Å². The maximum atomic E-state index is 9.93. The van der Waals surface area contributed by atoms with Crippen LogP contribution >= 0.6 is 0 Å². The molecule has 2 heteroatoms. The topological polar surface area (TPSA) is 40.5 Å². The molecule has 2 N–H and O–H groups in total. The van der Waals surface area contributed by atoms with Gasteiger partial charge in [0, 0.05) is 5.56 Å². The summed E-state index contributed by atoms with van der Waals surface area (Å²) in [5, 5.41) is 19.5. The van der Waals surface area contributed by atoms with Crippen LogP contribution in [-0.4, -0.2) is 10.2 Å². The second-order valence-electron chi connectivity index (χ2n) is 5.35. The molecule has 0 radical (unpaired) electrons. The van der Waals surface area contributed by atoms with Crippen molar-refractivity contribution in [3.8, 4) is 11.5 Å². The number of phenols is 2. The van der Waals surface area contributed by atoms with E-state index in [4.69, 9.17) is 0 Å². The summed E-state index contributed by atoms with van der Waals surface area (Å²) >= 11 is 0. The normalized spacial score (nSPS) is 11.5. The van der Waals surface area contributed by atoms with Crippen LogP contribution in [0.1, 0.15) is 44.7 Å². The third-order valence-corrected chi connectivity index (χ3v) is 3.13. The minimum absolute atomic E-state index is 0.209. The van der Waals surface area contributed by atoms with Gasteiger partial charge in [-0.15, -0.1) is 0 Å². The summed E-state index contributed by atoms with van der Waals surface area (Å²) < 4.78 is 0. The number of phenolic OH excluding ortho intramolecular Hbond substituents is 2. The van der Waals surface area contributed by atoms with E-state index in [0.717, 1.165) is 18.4 Å². The van der Waals surface area contributed by atoms with Gasteiger partial charge in [-0.2, -0.15) is 0 Å². The van der Waals surface area contributed by atoms with Gasteiger partial charge in [0.25, 0.3) is 0 Å². The van der Waals surface area contributed by atoms with Crippen molar-refractivity contribution >= 4 is 0 Å². The maximum Gasteiger partial charge on any atom is 0.122 e. The van der Waals surface area contributed by atoms with Crippen molar-refractivity contribution in [3.63, 3.8) is 0 Å². The van der Waals surface area contributed by atoms with Crippen LogP contribution in [0.25, 0.3) is 0 Å². The Labute approximate surface area is 116 Å². The molecule has 104 valence electrons. The first kappa shape index (κ1) is 15.4. The van der Waals surface area contributed by atoms with Crippen LogP contribution in [0.4, 0.5) is 0 Å². The summed E-state index contributed by atoms with van der Waals surface area (Å²) in [7, 11) is 0. The van der Waals surface area contributed by atoms with Crippen molar-refractivity contribution in [2.24, 2.45) is 0 Å². The number of aromatic hydroxyl groups is 2. The summed E-state index contributed by atoms with van der Waals surface area (Å²) in [4.78, 5) is 0. The van der Waals surface area contributed by atoms with Crippen LogP contribution in [0.15, 0.2) is 35.4 Å². The van der Waals surface area contributed by atoms with Gasteiger partial charge in [-0.25, -0.2) is 0 Å². The first-order valence-corrected chi connectivity index (χ1v) is 6.70. The van der Waals surface area contributed by atoms with Gasteiger partial charge in [0.2, 0.25) is 0 Å². The van der Waals surface area contributed by atoms with Crippen molar-refractivity contribution in [2.75, 3.05) is 0 Å². The van der Waals surface area contributed by atoms with Gasteiger partial charge >= 0.3 is 0 Å². The molecule has 0 amide bonds. The van der Waals surface area contributed by atoms with Crippen LogP contribution in [-0.2, 0) is 6.42 Å². The molecule has 2 nitrogen and oxygen atoms in total. The lowest BCUT2D eigenvalue weighted by Gasteiger charge is -2.07. The molecule has 0 aliphatic heterocycles. The number of hydrogen-bond donors (Lipinski definition) is 2. The molecule has 0 aromatic heterocycles. The highest BCUT2D eigenvalue weighted by Crippen LogP contribution is 2.28. The molecular formula is C17H24O2. The van der Waals surface area contributed by atoms with Gasteiger partial charge in [0.15, 0.2) is 0 Å². The van der Waals surface area contributed by atoms with Gasteiger partial charge in [-0.3, -0.25) is 0 Å². The Bertz CT molecular complexity index is 492. The minimum atomic E-state index is 0.209. The highest BCUT2D eigenvalue weighted by Gasteiger charge is 2.05. The molecule has 0 saturated heterocycles. The Morgan fingerprint density at radius 3 is 2.42 bits per heavy atom. The predicted octanol–water partition coefficient (Wildman–Crippen LogP) is 4.64. The largest absolute Gasteiger partial charge is 0.508 e. The maximum absolute atomic E-state index is 9.93. The molecular weight excluding hydrogens is 236 g/mol. The van der Waals surface area contributed by atoms with E-state index in [-0.39, 0.29) is 11.5 Å². The van der Waals surface area contributed by atoms with E-state index >= 15 is 0 Å². The first-order chi connectivity index (χ1) is 8.90. The Morgan fingerprint density at radius 2 is 1.79 bits per heavy atom. The molecule has 0 unspecified atom stereocenters. The van der Waals surface area contributed by atoms with Crippen molar-refractivity contribution < 1.29 is 10.2 Å². The summed E-state index contributed by atoms with van der Waals surface area (Å²) in [6.45, 7) is 8.11. The molecule has 0 atom stereocenters. The van der Waals surface area contributed by atoms with Crippen LogP contribution in [0.5, 0.6) is 11.5 Å². The lowest BCUT2D eigenvalue weighted by atomic mass is 10.0. The van der Waals surface area contributed by atoms with Gasteiger partial charge in [-0.1, -0.05) is 23.3 Å². The monoisotopic (exact) mass is 260 g/mol. The van der Waals surface area contributed by atoms with Crippen molar-refractivity contribution in [1.29, 1.82) is 0 Å². The smallest absolute Gasteiger partial charge is 0.122 e. The second-order valence-corrected chi connectivity index (χ2v) is 5.35. The molecule has 1 aromatic rings. The third kappa shape index (κ3) is 5.21. The molecule has 0 spiro atoms. The first-order valence-electron chi connectivity index (χ1n) is 6.70. The molecule has 1 rings (SSSR count). The predicted molar refractivity (Wildman–Crippen MR) is 80.6 cm³/mol. The number of hydrogen-bond acceptors (Lipinski definition) is 2. The fourth-order valence-electron chi connectivity index (χ4n) is 1.96. The second kappa shape index (κ2) is 7.03. The fraction of sp³-hybridized carbons (Fsp3) is 0.412. The van der Waals surface area contributed by atoms with Crippen LogP contribution in [0, 0.1) is 6.92 Å².